The first-order valence-electron chi connectivity index (χ1n) is 9.38. The Labute approximate surface area is 170 Å². The van der Waals surface area contributed by atoms with Gasteiger partial charge in [0.05, 0.1) is 17.3 Å². The number of nitrogens with two attached hydrogens (primary N) is 1. The van der Waals surface area contributed by atoms with Gasteiger partial charge in [-0.25, -0.2) is 4.52 Å². The van der Waals surface area contributed by atoms with Gasteiger partial charge in [0.1, 0.15) is 5.75 Å². The van der Waals surface area contributed by atoms with Crippen LogP contribution in [0.5, 0.6) is 5.75 Å². The molecule has 2 aromatic heterocycles. The maximum Gasteiger partial charge on any atom is 0.260 e. The van der Waals surface area contributed by atoms with E-state index in [9.17, 15) is 9.59 Å². The van der Waals surface area contributed by atoms with Crippen LogP contribution in [-0.4, -0.2) is 40.0 Å². The summed E-state index contributed by atoms with van der Waals surface area (Å²) in [6, 6.07) is 11.4. The number of primary amides is 1. The van der Waals surface area contributed by atoms with Crippen LogP contribution in [0, 0.1) is 0 Å². The van der Waals surface area contributed by atoms with E-state index in [0.29, 0.717) is 23.4 Å². The highest BCUT2D eigenvalue weighted by Gasteiger charge is 2.15. The molecular weight excluding hydrogens is 368 g/mol. The number of aromatic nitrogens is 2. The number of amides is 2. The van der Waals surface area contributed by atoms with E-state index in [1.807, 2.05) is 36.4 Å². The van der Waals surface area contributed by atoms with Crippen molar-refractivity contribution in [1.82, 2.24) is 14.5 Å². The molecule has 2 N–H and O–H groups in total. The molecule has 7 nitrogen and oxygen atoms in total. The molecule has 3 aromatic rings. The molecule has 7 heteroatoms. The Balaban J connectivity index is 1.61. The van der Waals surface area contributed by atoms with Crippen molar-refractivity contribution in [2.45, 2.75) is 32.7 Å². The van der Waals surface area contributed by atoms with Crippen LogP contribution in [0.15, 0.2) is 48.8 Å². The van der Waals surface area contributed by atoms with Gasteiger partial charge in [0.25, 0.3) is 11.8 Å². The van der Waals surface area contributed by atoms with Gasteiger partial charge in [-0.15, -0.1) is 0 Å². The number of ether oxygens (including phenoxy) is 1. The lowest BCUT2D eigenvalue weighted by molar-refractivity contribution is -0.132. The molecule has 1 aromatic carbocycles. The van der Waals surface area contributed by atoms with Crippen LogP contribution in [0.2, 0.25) is 0 Å². The highest BCUT2D eigenvalue weighted by atomic mass is 16.5. The molecule has 0 fully saturated rings. The lowest BCUT2D eigenvalue weighted by Gasteiger charge is -2.20. The molecule has 0 aliphatic rings. The third-order valence-corrected chi connectivity index (χ3v) is 4.78. The van der Waals surface area contributed by atoms with E-state index >= 15 is 0 Å². The maximum atomic E-state index is 12.4. The number of hydrogen-bond donors (Lipinski definition) is 1. The van der Waals surface area contributed by atoms with Crippen LogP contribution in [0.1, 0.15) is 42.3 Å². The summed E-state index contributed by atoms with van der Waals surface area (Å²) in [6.07, 6.45) is 3.18. The van der Waals surface area contributed by atoms with Gasteiger partial charge in [-0.05, 0) is 40.8 Å². The quantitative estimate of drug-likeness (QED) is 0.696. The standard InChI is InChI=1S/C22H26N4O3/c1-22(2,3)16-5-7-17(8-6-16)29-14-20(27)25(4)13-15-9-10-26-19(11-15)18(12-24-26)21(23)28/h5-12H,13-14H2,1-4H3,(H2,23,28). The zero-order valence-electron chi connectivity index (χ0n) is 17.2. The first kappa shape index (κ1) is 20.4. The SMILES string of the molecule is CN(Cc1ccn2ncc(C(N)=O)c2c1)C(=O)COc1ccc(C(C)(C)C)cc1. The number of nitrogens with zero attached hydrogens (tertiary/aromatic N) is 3. The molecule has 2 amide bonds. The summed E-state index contributed by atoms with van der Waals surface area (Å²) in [4.78, 5) is 25.5. The predicted molar refractivity (Wildman–Crippen MR) is 111 cm³/mol. The zero-order valence-corrected chi connectivity index (χ0v) is 17.2. The zero-order chi connectivity index (χ0) is 21.2. The van der Waals surface area contributed by atoms with Gasteiger partial charge in [0.15, 0.2) is 6.61 Å². The molecule has 0 unspecified atom stereocenters. The van der Waals surface area contributed by atoms with Crippen LogP contribution in [-0.2, 0) is 16.8 Å². The van der Waals surface area contributed by atoms with Gasteiger partial charge in [0.2, 0.25) is 0 Å². The topological polar surface area (TPSA) is 89.9 Å². The molecule has 0 atom stereocenters. The normalized spacial score (nSPS) is 11.4. The Morgan fingerprint density at radius 1 is 1.17 bits per heavy atom. The molecule has 3 rings (SSSR count). The fraction of sp³-hybridized carbons (Fsp3) is 0.318. The summed E-state index contributed by atoms with van der Waals surface area (Å²) in [5, 5.41) is 4.09. The van der Waals surface area contributed by atoms with Crippen molar-refractivity contribution in [2.24, 2.45) is 5.73 Å². The number of rotatable bonds is 6. The number of benzene rings is 1. The number of carbonyl (C=O) groups is 2. The number of fused-ring (bicyclic) bond motifs is 1. The first-order valence-corrected chi connectivity index (χ1v) is 9.38. The van der Waals surface area contributed by atoms with Gasteiger partial charge >= 0.3 is 0 Å². The highest BCUT2D eigenvalue weighted by molar-refractivity contribution is 5.99. The van der Waals surface area contributed by atoms with Crippen LogP contribution in [0.25, 0.3) is 5.52 Å². The molecule has 152 valence electrons. The summed E-state index contributed by atoms with van der Waals surface area (Å²) < 4.78 is 7.22. The number of carbonyl (C=O) groups excluding carboxylic acids is 2. The van der Waals surface area contributed by atoms with Crippen molar-refractivity contribution in [2.75, 3.05) is 13.7 Å². The lowest BCUT2D eigenvalue weighted by atomic mass is 9.87. The van der Waals surface area contributed by atoms with Crippen molar-refractivity contribution < 1.29 is 14.3 Å². The Hall–Kier alpha value is -3.35. The molecule has 29 heavy (non-hydrogen) atoms. The monoisotopic (exact) mass is 394 g/mol. The number of pyridine rings is 1. The molecule has 0 radical (unpaired) electrons. The Bertz CT molecular complexity index is 1030. The van der Waals surface area contributed by atoms with Crippen molar-refractivity contribution in [3.63, 3.8) is 0 Å². The summed E-state index contributed by atoms with van der Waals surface area (Å²) in [6.45, 7) is 6.77. The minimum Gasteiger partial charge on any atom is -0.484 e. The fourth-order valence-corrected chi connectivity index (χ4v) is 2.98. The summed E-state index contributed by atoms with van der Waals surface area (Å²) in [7, 11) is 1.71. The van der Waals surface area contributed by atoms with Crippen LogP contribution in [0.4, 0.5) is 0 Å². The second kappa shape index (κ2) is 7.95. The van der Waals surface area contributed by atoms with Crippen molar-refractivity contribution in [1.29, 1.82) is 0 Å². The number of hydrogen-bond acceptors (Lipinski definition) is 4. The first-order chi connectivity index (χ1) is 13.6. The highest BCUT2D eigenvalue weighted by Crippen LogP contribution is 2.24. The molecule has 0 aliphatic carbocycles. The fourth-order valence-electron chi connectivity index (χ4n) is 2.98. The summed E-state index contributed by atoms with van der Waals surface area (Å²) >= 11 is 0. The van der Waals surface area contributed by atoms with Crippen LogP contribution in [0.3, 0.4) is 0 Å². The second-order valence-electron chi connectivity index (χ2n) is 8.10. The van der Waals surface area contributed by atoms with E-state index in [2.05, 4.69) is 25.9 Å². The van der Waals surface area contributed by atoms with Gasteiger partial charge in [-0.3, -0.25) is 9.59 Å². The Morgan fingerprint density at radius 3 is 2.48 bits per heavy atom. The summed E-state index contributed by atoms with van der Waals surface area (Å²) in [5.41, 5.74) is 8.49. The maximum absolute atomic E-state index is 12.4. The third-order valence-electron chi connectivity index (χ3n) is 4.78. The van der Waals surface area contributed by atoms with Gasteiger partial charge in [-0.1, -0.05) is 32.9 Å². The van der Waals surface area contributed by atoms with E-state index in [0.717, 1.165) is 5.56 Å². The van der Waals surface area contributed by atoms with Gasteiger partial charge < -0.3 is 15.4 Å². The predicted octanol–water partition coefficient (Wildman–Crippen LogP) is 2.77. The minimum absolute atomic E-state index is 0.0488. The second-order valence-corrected chi connectivity index (χ2v) is 8.10. The van der Waals surface area contributed by atoms with E-state index in [4.69, 9.17) is 10.5 Å². The largest absolute Gasteiger partial charge is 0.484 e. The van der Waals surface area contributed by atoms with Gasteiger partial charge in [0, 0.05) is 19.8 Å². The third kappa shape index (κ3) is 4.74. The molecule has 0 bridgehead atoms. The molecule has 0 aliphatic heterocycles. The molecule has 0 saturated heterocycles. The molecular formula is C22H26N4O3. The van der Waals surface area contributed by atoms with Crippen LogP contribution >= 0.6 is 0 Å². The average Bonchev–Trinajstić information content (AvgIpc) is 3.09. The van der Waals surface area contributed by atoms with E-state index in [1.54, 1.807) is 22.7 Å². The van der Waals surface area contributed by atoms with E-state index < -0.39 is 5.91 Å². The smallest absolute Gasteiger partial charge is 0.260 e. The van der Waals surface area contributed by atoms with Gasteiger partial charge in [-0.2, -0.15) is 5.10 Å². The minimum atomic E-state index is -0.535. The van der Waals surface area contributed by atoms with E-state index in [-0.39, 0.29) is 17.9 Å². The molecule has 0 spiro atoms. The lowest BCUT2D eigenvalue weighted by Crippen LogP contribution is -2.31. The van der Waals surface area contributed by atoms with Crippen molar-refractivity contribution in [3.05, 3.63) is 65.5 Å². The van der Waals surface area contributed by atoms with Crippen LogP contribution < -0.4 is 10.5 Å². The average molecular weight is 394 g/mol. The molecule has 0 saturated carbocycles. The van der Waals surface area contributed by atoms with Crippen molar-refractivity contribution in [3.8, 4) is 5.75 Å². The van der Waals surface area contributed by atoms with E-state index in [1.165, 1.54) is 11.8 Å². The number of likely N-dealkylation sites (N-methyl/N-ethyl adjacent to an activating group) is 1. The van der Waals surface area contributed by atoms with Crippen molar-refractivity contribution >= 4 is 17.3 Å². The Kier molecular flexibility index (Phi) is 5.59. The molecule has 2 heterocycles. The summed E-state index contributed by atoms with van der Waals surface area (Å²) in [5.74, 6) is -0.0209. The Morgan fingerprint density at radius 2 is 1.86 bits per heavy atom.